The Kier molecular flexibility index (Phi) is 10.5. The molecular formula is C75H49NO. The summed E-state index contributed by atoms with van der Waals surface area (Å²) in [6.07, 6.45) is 0. The molecule has 0 saturated heterocycles. The Labute approximate surface area is 448 Å². The van der Waals surface area contributed by atoms with Crippen LogP contribution in [-0.2, 0) is 5.41 Å². The van der Waals surface area contributed by atoms with Crippen molar-refractivity contribution >= 4 is 60.5 Å². The fraction of sp³-hybridized carbons (Fsp3) is 0.0133. The van der Waals surface area contributed by atoms with Gasteiger partial charge in [0.05, 0.1) is 16.5 Å². The molecule has 0 fully saturated rings. The Balaban J connectivity index is 0.881. The van der Waals surface area contributed by atoms with E-state index in [0.29, 0.717) is 0 Å². The van der Waals surface area contributed by atoms with E-state index in [9.17, 15) is 0 Å². The van der Waals surface area contributed by atoms with Gasteiger partial charge in [0.1, 0.15) is 11.2 Å². The molecule has 0 bridgehead atoms. The minimum Gasteiger partial charge on any atom is -0.455 e. The van der Waals surface area contributed by atoms with Gasteiger partial charge in [-0.15, -0.1) is 0 Å². The van der Waals surface area contributed by atoms with Crippen molar-refractivity contribution in [3.63, 3.8) is 0 Å². The predicted octanol–water partition coefficient (Wildman–Crippen LogP) is 20.4. The van der Waals surface area contributed by atoms with Crippen LogP contribution in [0.2, 0.25) is 0 Å². The summed E-state index contributed by atoms with van der Waals surface area (Å²) in [5, 5.41) is 7.01. The lowest BCUT2D eigenvalue weighted by atomic mass is 9.67. The van der Waals surface area contributed by atoms with Gasteiger partial charge in [-0.2, -0.15) is 0 Å². The highest BCUT2D eigenvalue weighted by Gasteiger charge is 2.46. The Morgan fingerprint density at radius 3 is 1.53 bits per heavy atom. The summed E-state index contributed by atoms with van der Waals surface area (Å²) in [5.41, 5.74) is 21.3. The third kappa shape index (κ3) is 7.25. The van der Waals surface area contributed by atoms with Crippen LogP contribution in [0.4, 0.5) is 17.1 Å². The summed E-state index contributed by atoms with van der Waals surface area (Å²) < 4.78 is 6.99. The number of nitrogens with zero attached hydrogens (tertiary/aromatic N) is 1. The van der Waals surface area contributed by atoms with Crippen molar-refractivity contribution in [2.75, 3.05) is 4.90 Å². The van der Waals surface area contributed by atoms with Gasteiger partial charge >= 0.3 is 0 Å². The third-order valence-electron chi connectivity index (χ3n) is 16.1. The Hall–Kier alpha value is -10.0. The van der Waals surface area contributed by atoms with Gasteiger partial charge < -0.3 is 9.32 Å². The van der Waals surface area contributed by atoms with Crippen LogP contribution in [0.25, 0.3) is 99.1 Å². The number of rotatable bonds is 9. The molecule has 0 unspecified atom stereocenters. The van der Waals surface area contributed by atoms with Crippen LogP contribution in [0.5, 0.6) is 0 Å². The molecule has 0 spiro atoms. The lowest BCUT2D eigenvalue weighted by Gasteiger charge is -2.34. The number of hydrogen-bond donors (Lipinski definition) is 0. The lowest BCUT2D eigenvalue weighted by Crippen LogP contribution is -2.28. The minimum atomic E-state index is -0.484. The van der Waals surface area contributed by atoms with Crippen molar-refractivity contribution in [3.05, 3.63) is 320 Å². The second-order valence-corrected chi connectivity index (χ2v) is 20.3. The van der Waals surface area contributed by atoms with E-state index in [4.69, 9.17) is 4.42 Å². The van der Waals surface area contributed by atoms with Gasteiger partial charge in [-0.3, -0.25) is 0 Å². The Morgan fingerprint density at radius 2 is 0.792 bits per heavy atom. The number of anilines is 3. The summed E-state index contributed by atoms with van der Waals surface area (Å²) in [6.45, 7) is 0. The molecule has 0 atom stereocenters. The molecule has 2 heteroatoms. The van der Waals surface area contributed by atoms with E-state index in [1.54, 1.807) is 0 Å². The third-order valence-corrected chi connectivity index (χ3v) is 16.1. The maximum absolute atomic E-state index is 6.99. The maximum atomic E-state index is 6.99. The maximum Gasteiger partial charge on any atom is 0.145 e. The zero-order chi connectivity index (χ0) is 50.9. The largest absolute Gasteiger partial charge is 0.455 e. The molecule has 77 heavy (non-hydrogen) atoms. The molecule has 0 N–H and O–H groups in total. The first-order valence-corrected chi connectivity index (χ1v) is 26.6. The van der Waals surface area contributed by atoms with Crippen molar-refractivity contribution in [1.29, 1.82) is 0 Å². The van der Waals surface area contributed by atoms with Crippen LogP contribution in [0, 0.1) is 0 Å². The molecule has 0 saturated carbocycles. The molecule has 1 aliphatic carbocycles. The van der Waals surface area contributed by atoms with E-state index in [1.807, 2.05) is 0 Å². The summed E-state index contributed by atoms with van der Waals surface area (Å²) in [4.78, 5) is 2.41. The van der Waals surface area contributed by atoms with Crippen molar-refractivity contribution < 1.29 is 4.42 Å². The molecule has 1 heterocycles. The number of para-hydroxylation sites is 1. The van der Waals surface area contributed by atoms with E-state index in [2.05, 4.69) is 302 Å². The molecule has 15 rings (SSSR count). The molecule has 360 valence electrons. The van der Waals surface area contributed by atoms with Crippen LogP contribution < -0.4 is 4.90 Å². The first kappa shape index (κ1) is 44.5. The van der Waals surface area contributed by atoms with Crippen molar-refractivity contribution in [1.82, 2.24) is 0 Å². The topological polar surface area (TPSA) is 16.4 Å². The van der Waals surface area contributed by atoms with Crippen LogP contribution in [-0.4, -0.2) is 0 Å². The molecule has 2 nitrogen and oxygen atoms in total. The molecule has 0 radical (unpaired) electrons. The van der Waals surface area contributed by atoms with Crippen LogP contribution in [0.15, 0.2) is 302 Å². The van der Waals surface area contributed by atoms with Crippen molar-refractivity contribution in [2.45, 2.75) is 5.41 Å². The molecule has 1 aliphatic rings. The Bertz CT molecular complexity index is 4510. The molecule has 0 amide bonds. The van der Waals surface area contributed by atoms with Crippen LogP contribution in [0.3, 0.4) is 0 Å². The van der Waals surface area contributed by atoms with E-state index in [0.717, 1.165) is 61.3 Å². The minimum absolute atomic E-state index is 0.484. The summed E-state index contributed by atoms with van der Waals surface area (Å²) in [7, 11) is 0. The number of furan rings is 1. The number of fused-ring (bicyclic) bond motifs is 8. The van der Waals surface area contributed by atoms with Crippen LogP contribution in [0.1, 0.15) is 22.3 Å². The summed E-state index contributed by atoms with van der Waals surface area (Å²) >= 11 is 0. The highest BCUT2D eigenvalue weighted by molar-refractivity contribution is 6.18. The fourth-order valence-electron chi connectivity index (χ4n) is 12.6. The SMILES string of the molecule is c1ccc(C2(c3ccccc3)c3ccccc3-c3ccc(-c4ccc(N(c5ccc(-c6cccc(-c7ccc8ccccc8c7)c6)cc5)c5ccc(-c6cccc7ccccc67)c6oc7ccccc7c56)cc4)cc32)cc1. The normalized spacial score (nSPS) is 12.5. The molecule has 0 aliphatic heterocycles. The highest BCUT2D eigenvalue weighted by atomic mass is 16.3. The fourth-order valence-corrected chi connectivity index (χ4v) is 12.6. The molecule has 13 aromatic carbocycles. The van der Waals surface area contributed by atoms with Gasteiger partial charge in [-0.1, -0.05) is 237 Å². The second kappa shape index (κ2) is 18.1. The standard InChI is InChI=1S/C75H49NO/c1-3-23-59(24-4-1)75(60-25-5-2-6-26-60)69-31-13-11-28-65(69)66-44-39-58(49-70(66)75)52-37-42-62(43-38-52)76(61-40-35-51(36-41-61)55-21-15-22-56(47-55)57-34-33-50-17-7-8-19-54(50)48-57)71-46-45-67(64-30-16-20-53-18-9-10-27-63(53)64)74-73(71)68-29-12-14-32-72(68)77-74/h1-49H. The molecule has 1 aromatic heterocycles. The molecule has 14 aromatic rings. The monoisotopic (exact) mass is 979 g/mol. The quantitative estimate of drug-likeness (QED) is 0.143. The molecular weight excluding hydrogens is 931 g/mol. The van der Waals surface area contributed by atoms with E-state index in [-0.39, 0.29) is 0 Å². The van der Waals surface area contributed by atoms with Crippen molar-refractivity contribution in [2.24, 2.45) is 0 Å². The van der Waals surface area contributed by atoms with Gasteiger partial charge in [0.2, 0.25) is 0 Å². The zero-order valence-corrected chi connectivity index (χ0v) is 42.1. The number of hydrogen-bond acceptors (Lipinski definition) is 2. The first-order chi connectivity index (χ1) is 38.2. The smallest absolute Gasteiger partial charge is 0.145 e. The van der Waals surface area contributed by atoms with E-state index >= 15 is 0 Å². The van der Waals surface area contributed by atoms with E-state index < -0.39 is 5.41 Å². The Morgan fingerprint density at radius 1 is 0.286 bits per heavy atom. The summed E-state index contributed by atoms with van der Waals surface area (Å²) in [6, 6.07) is 109. The summed E-state index contributed by atoms with van der Waals surface area (Å²) in [5.74, 6) is 0. The first-order valence-electron chi connectivity index (χ1n) is 26.6. The van der Waals surface area contributed by atoms with Crippen LogP contribution >= 0.6 is 0 Å². The number of benzene rings is 13. The predicted molar refractivity (Wildman–Crippen MR) is 322 cm³/mol. The lowest BCUT2D eigenvalue weighted by molar-refractivity contribution is 0.670. The zero-order valence-electron chi connectivity index (χ0n) is 42.1. The van der Waals surface area contributed by atoms with E-state index in [1.165, 1.54) is 77.2 Å². The average molecular weight is 980 g/mol. The highest BCUT2D eigenvalue weighted by Crippen LogP contribution is 2.57. The average Bonchev–Trinajstić information content (AvgIpc) is 4.25. The van der Waals surface area contributed by atoms with Gasteiger partial charge in [-0.05, 0) is 155 Å². The van der Waals surface area contributed by atoms with Gasteiger partial charge in [0, 0.05) is 22.3 Å². The van der Waals surface area contributed by atoms with Gasteiger partial charge in [-0.25, -0.2) is 0 Å². The second-order valence-electron chi connectivity index (χ2n) is 20.3. The van der Waals surface area contributed by atoms with Crippen molar-refractivity contribution in [3.8, 4) is 55.6 Å². The van der Waals surface area contributed by atoms with Gasteiger partial charge in [0.15, 0.2) is 0 Å². The van der Waals surface area contributed by atoms with Gasteiger partial charge in [0.25, 0.3) is 0 Å².